The topological polar surface area (TPSA) is 24.9 Å². The van der Waals surface area contributed by atoms with Crippen LogP contribution >= 0.6 is 11.6 Å². The van der Waals surface area contributed by atoms with Crippen molar-refractivity contribution in [3.63, 3.8) is 0 Å². The van der Waals surface area contributed by atoms with Gasteiger partial charge >= 0.3 is 0 Å². The summed E-state index contributed by atoms with van der Waals surface area (Å²) in [5, 5.41) is 4.26. The number of halogens is 1. The van der Waals surface area contributed by atoms with Crippen molar-refractivity contribution >= 4 is 17.3 Å². The summed E-state index contributed by atoms with van der Waals surface area (Å²) in [6.07, 6.45) is 7.18. The van der Waals surface area contributed by atoms with Crippen molar-refractivity contribution < 1.29 is 0 Å². The minimum atomic E-state index is 0.571. The lowest BCUT2D eigenvalue weighted by Gasteiger charge is -2.35. The van der Waals surface area contributed by atoms with Crippen molar-refractivity contribution in [2.24, 2.45) is 11.8 Å². The molecule has 1 aromatic heterocycles. The van der Waals surface area contributed by atoms with E-state index in [0.29, 0.717) is 11.2 Å². The highest BCUT2D eigenvalue weighted by molar-refractivity contribution is 6.29. The molecule has 2 atom stereocenters. The molecule has 2 nitrogen and oxygen atoms in total. The minimum Gasteiger partial charge on any atom is -0.381 e. The van der Waals surface area contributed by atoms with Gasteiger partial charge in [-0.3, -0.25) is 0 Å². The fraction of sp³-hybridized carbons (Fsp3) is 0.667. The smallest absolute Gasteiger partial charge is 0.129 e. The van der Waals surface area contributed by atoms with Crippen LogP contribution in [-0.2, 0) is 0 Å². The first-order valence-electron chi connectivity index (χ1n) is 6.96. The Kier molecular flexibility index (Phi) is 4.50. The second-order valence-electron chi connectivity index (χ2n) is 5.77. The Morgan fingerprint density at radius 3 is 2.72 bits per heavy atom. The Hall–Kier alpha value is -0.760. The summed E-state index contributed by atoms with van der Waals surface area (Å²) in [6.45, 7) is 6.75. The minimum absolute atomic E-state index is 0.571. The molecular weight excluding hydrogens is 244 g/mol. The number of nitrogens with zero attached hydrogens (tertiary/aromatic N) is 1. The zero-order valence-corrected chi connectivity index (χ0v) is 12.3. The number of pyridine rings is 1. The number of aromatic nitrogens is 1. The van der Waals surface area contributed by atoms with Crippen molar-refractivity contribution in [2.75, 3.05) is 5.32 Å². The zero-order valence-electron chi connectivity index (χ0n) is 11.5. The third-order valence-electron chi connectivity index (χ3n) is 4.09. The van der Waals surface area contributed by atoms with Gasteiger partial charge in [-0.1, -0.05) is 38.3 Å². The summed E-state index contributed by atoms with van der Waals surface area (Å²) in [6, 6.07) is 2.51. The van der Waals surface area contributed by atoms with Crippen LogP contribution in [0.1, 0.15) is 45.1 Å². The largest absolute Gasteiger partial charge is 0.381 e. The van der Waals surface area contributed by atoms with E-state index in [2.05, 4.69) is 31.1 Å². The molecule has 100 valence electrons. The van der Waals surface area contributed by atoms with Crippen LogP contribution in [0.3, 0.4) is 0 Å². The van der Waals surface area contributed by atoms with Crippen molar-refractivity contribution in [1.29, 1.82) is 0 Å². The van der Waals surface area contributed by atoms with Gasteiger partial charge in [0.2, 0.25) is 0 Å². The third kappa shape index (κ3) is 3.17. The highest BCUT2D eigenvalue weighted by Gasteiger charge is 2.27. The maximum atomic E-state index is 5.90. The molecule has 1 N–H and O–H groups in total. The van der Waals surface area contributed by atoms with E-state index in [1.54, 1.807) is 0 Å². The van der Waals surface area contributed by atoms with Crippen LogP contribution in [0.25, 0.3) is 0 Å². The van der Waals surface area contributed by atoms with Gasteiger partial charge in [-0.05, 0) is 43.2 Å². The molecular formula is C15H23ClN2. The van der Waals surface area contributed by atoms with Crippen molar-refractivity contribution in [2.45, 2.75) is 52.5 Å². The van der Waals surface area contributed by atoms with E-state index >= 15 is 0 Å². The molecule has 18 heavy (non-hydrogen) atoms. The third-order valence-corrected chi connectivity index (χ3v) is 4.30. The second-order valence-corrected chi connectivity index (χ2v) is 6.15. The lowest BCUT2D eigenvalue weighted by molar-refractivity contribution is 0.253. The molecule has 3 heteroatoms. The molecule has 1 heterocycles. The first-order chi connectivity index (χ1) is 8.58. The first-order valence-corrected chi connectivity index (χ1v) is 7.34. The van der Waals surface area contributed by atoms with Crippen LogP contribution in [0.5, 0.6) is 0 Å². The lowest BCUT2D eigenvalue weighted by Crippen LogP contribution is -2.35. The van der Waals surface area contributed by atoms with E-state index in [1.165, 1.54) is 31.2 Å². The van der Waals surface area contributed by atoms with E-state index in [0.717, 1.165) is 17.5 Å². The molecule has 0 bridgehead atoms. The van der Waals surface area contributed by atoms with Crippen LogP contribution in [0.4, 0.5) is 5.69 Å². The molecule has 1 aromatic rings. The highest BCUT2D eigenvalue weighted by atomic mass is 35.5. The lowest BCUT2D eigenvalue weighted by atomic mass is 9.77. The van der Waals surface area contributed by atoms with Gasteiger partial charge in [0.1, 0.15) is 5.15 Å². The fourth-order valence-electron chi connectivity index (χ4n) is 3.01. The first kappa shape index (κ1) is 13.7. The average Bonchev–Trinajstić information content (AvgIpc) is 2.33. The second kappa shape index (κ2) is 5.92. The molecule has 2 unspecified atom stereocenters. The monoisotopic (exact) mass is 266 g/mol. The average molecular weight is 267 g/mol. The molecule has 0 amide bonds. The standard InChI is InChI=1S/C15H23ClN2/c1-10(2)12-6-4-5-7-13(12)18-14-9-17-15(16)8-11(14)3/h8-10,12-13,18H,4-7H2,1-3H3. The molecule has 0 radical (unpaired) electrons. The summed E-state index contributed by atoms with van der Waals surface area (Å²) in [7, 11) is 0. The normalized spacial score (nSPS) is 24.3. The van der Waals surface area contributed by atoms with E-state index in [1.807, 2.05) is 12.3 Å². The van der Waals surface area contributed by atoms with E-state index < -0.39 is 0 Å². The van der Waals surface area contributed by atoms with Crippen LogP contribution < -0.4 is 5.32 Å². The SMILES string of the molecule is Cc1cc(Cl)ncc1NC1CCCCC1C(C)C. The van der Waals surface area contributed by atoms with Crippen LogP contribution in [-0.4, -0.2) is 11.0 Å². The van der Waals surface area contributed by atoms with Crippen LogP contribution in [0.2, 0.25) is 5.15 Å². The quantitative estimate of drug-likeness (QED) is 0.804. The maximum absolute atomic E-state index is 5.90. The number of nitrogens with one attached hydrogen (secondary N) is 1. The van der Waals surface area contributed by atoms with Gasteiger partial charge in [-0.15, -0.1) is 0 Å². The summed E-state index contributed by atoms with van der Waals surface area (Å²) in [5.74, 6) is 1.51. The number of aryl methyl sites for hydroxylation is 1. The summed E-state index contributed by atoms with van der Waals surface area (Å²) >= 11 is 5.90. The molecule has 1 saturated carbocycles. The van der Waals surface area contributed by atoms with E-state index in [-0.39, 0.29) is 0 Å². The Bertz CT molecular complexity index is 403. The predicted molar refractivity (Wildman–Crippen MR) is 78.2 cm³/mol. The number of rotatable bonds is 3. The molecule has 0 aromatic carbocycles. The van der Waals surface area contributed by atoms with Gasteiger partial charge in [0, 0.05) is 6.04 Å². The number of hydrogen-bond donors (Lipinski definition) is 1. The molecule has 1 aliphatic rings. The van der Waals surface area contributed by atoms with Crippen molar-refractivity contribution in [3.8, 4) is 0 Å². The number of anilines is 1. The molecule has 1 fully saturated rings. The molecule has 2 rings (SSSR count). The Morgan fingerprint density at radius 1 is 1.33 bits per heavy atom. The van der Waals surface area contributed by atoms with Gasteiger partial charge < -0.3 is 5.32 Å². The molecule has 0 spiro atoms. The van der Waals surface area contributed by atoms with E-state index in [9.17, 15) is 0 Å². The Labute approximate surface area is 115 Å². The summed E-state index contributed by atoms with van der Waals surface area (Å²) in [4.78, 5) is 4.18. The van der Waals surface area contributed by atoms with Gasteiger partial charge in [-0.25, -0.2) is 4.98 Å². The zero-order chi connectivity index (χ0) is 13.1. The van der Waals surface area contributed by atoms with Gasteiger partial charge in [-0.2, -0.15) is 0 Å². The van der Waals surface area contributed by atoms with Crippen LogP contribution in [0.15, 0.2) is 12.3 Å². The van der Waals surface area contributed by atoms with Gasteiger partial charge in [0.05, 0.1) is 11.9 Å². The number of hydrogen-bond acceptors (Lipinski definition) is 2. The van der Waals surface area contributed by atoms with E-state index in [4.69, 9.17) is 11.6 Å². The molecule has 0 saturated heterocycles. The van der Waals surface area contributed by atoms with Gasteiger partial charge in [0.25, 0.3) is 0 Å². The highest BCUT2D eigenvalue weighted by Crippen LogP contribution is 2.33. The van der Waals surface area contributed by atoms with Crippen LogP contribution in [0, 0.1) is 18.8 Å². The predicted octanol–water partition coefficient (Wildman–Crippen LogP) is 4.67. The Balaban J connectivity index is 2.11. The van der Waals surface area contributed by atoms with Crippen molar-refractivity contribution in [3.05, 3.63) is 23.0 Å². The summed E-state index contributed by atoms with van der Waals surface area (Å²) < 4.78 is 0. The fourth-order valence-corrected chi connectivity index (χ4v) is 3.22. The Morgan fingerprint density at radius 2 is 2.06 bits per heavy atom. The van der Waals surface area contributed by atoms with Gasteiger partial charge in [0.15, 0.2) is 0 Å². The summed E-state index contributed by atoms with van der Waals surface area (Å²) in [5.41, 5.74) is 2.32. The van der Waals surface area contributed by atoms with Crippen molar-refractivity contribution in [1.82, 2.24) is 4.98 Å². The molecule has 1 aliphatic carbocycles. The maximum Gasteiger partial charge on any atom is 0.129 e. The molecule has 0 aliphatic heterocycles.